The van der Waals surface area contributed by atoms with E-state index in [9.17, 15) is 13.2 Å². The second-order valence-electron chi connectivity index (χ2n) is 3.42. The molecule has 2 rings (SSSR count). The number of rotatable bonds is 4. The molecule has 2 aromatic rings. The zero-order chi connectivity index (χ0) is 12.3. The molecular weight excluding hydrogens is 242 g/mol. The average molecular weight is 253 g/mol. The molecule has 3 N–H and O–H groups in total. The molecule has 0 aliphatic heterocycles. The van der Waals surface area contributed by atoms with Gasteiger partial charge in [-0.3, -0.25) is 9.89 Å². The molecule has 0 unspecified atom stereocenters. The van der Waals surface area contributed by atoms with Gasteiger partial charge in [0, 0.05) is 6.07 Å². The third kappa shape index (κ3) is 2.83. The lowest BCUT2D eigenvalue weighted by Gasteiger charge is -2.04. The Balaban J connectivity index is 2.11. The predicted molar refractivity (Wildman–Crippen MR) is 61.9 cm³/mol. The van der Waals surface area contributed by atoms with Gasteiger partial charge < -0.3 is 5.10 Å². The highest BCUT2D eigenvalue weighted by atomic mass is 32.2. The molecule has 0 radical (unpaired) electrons. The normalized spacial score (nSPS) is 11.5. The molecular formula is C10H11N3O3S. The van der Waals surface area contributed by atoms with E-state index in [0.717, 1.165) is 0 Å². The fourth-order valence-electron chi connectivity index (χ4n) is 1.32. The zero-order valence-electron chi connectivity index (χ0n) is 8.80. The van der Waals surface area contributed by atoms with Crippen molar-refractivity contribution in [1.82, 2.24) is 14.9 Å². The van der Waals surface area contributed by atoms with Crippen molar-refractivity contribution >= 4 is 10.0 Å². The molecule has 6 nitrogen and oxygen atoms in total. The van der Waals surface area contributed by atoms with Crippen LogP contribution in [-0.2, 0) is 16.6 Å². The molecule has 0 saturated carbocycles. The molecule has 1 aromatic heterocycles. The summed E-state index contributed by atoms with van der Waals surface area (Å²) in [5.74, 6) is 0. The summed E-state index contributed by atoms with van der Waals surface area (Å²) in [4.78, 5) is 11.0. The maximum absolute atomic E-state index is 11.8. The highest BCUT2D eigenvalue weighted by Gasteiger charge is 2.12. The van der Waals surface area contributed by atoms with Crippen LogP contribution in [0, 0.1) is 0 Å². The van der Waals surface area contributed by atoms with Gasteiger partial charge in [-0.05, 0) is 12.1 Å². The molecule has 1 heterocycles. The van der Waals surface area contributed by atoms with Gasteiger partial charge >= 0.3 is 0 Å². The Morgan fingerprint density at radius 3 is 2.41 bits per heavy atom. The Bertz CT molecular complexity index is 643. The Labute approximate surface area is 97.7 Å². The molecule has 0 spiro atoms. The quantitative estimate of drug-likeness (QED) is 0.725. The topological polar surface area (TPSA) is 94.8 Å². The van der Waals surface area contributed by atoms with Crippen LogP contribution in [0.4, 0.5) is 0 Å². The first-order chi connectivity index (χ1) is 8.08. The summed E-state index contributed by atoms with van der Waals surface area (Å²) in [5, 5.41) is 4.89. The summed E-state index contributed by atoms with van der Waals surface area (Å²) in [6, 6.07) is 9.33. The van der Waals surface area contributed by atoms with Crippen molar-refractivity contribution in [3.05, 3.63) is 52.4 Å². The van der Waals surface area contributed by atoms with Crippen molar-refractivity contribution in [2.75, 3.05) is 0 Å². The lowest BCUT2D eigenvalue weighted by atomic mass is 10.4. The van der Waals surface area contributed by atoms with E-state index >= 15 is 0 Å². The lowest BCUT2D eigenvalue weighted by Crippen LogP contribution is -2.23. The fraction of sp³-hybridized carbons (Fsp3) is 0.100. The maximum atomic E-state index is 11.8. The van der Waals surface area contributed by atoms with Crippen LogP contribution in [0.1, 0.15) is 5.69 Å². The van der Waals surface area contributed by atoms with Crippen LogP contribution in [0.5, 0.6) is 0 Å². The molecule has 0 saturated heterocycles. The lowest BCUT2D eigenvalue weighted by molar-refractivity contribution is 0.580. The van der Waals surface area contributed by atoms with Gasteiger partial charge in [0.1, 0.15) is 0 Å². The first kappa shape index (κ1) is 11.6. The molecule has 0 aliphatic rings. The number of benzene rings is 1. The van der Waals surface area contributed by atoms with Crippen LogP contribution in [0.2, 0.25) is 0 Å². The van der Waals surface area contributed by atoms with Crippen molar-refractivity contribution in [2.24, 2.45) is 0 Å². The van der Waals surface area contributed by atoms with E-state index in [-0.39, 0.29) is 17.0 Å². The van der Waals surface area contributed by atoms with E-state index in [1.54, 1.807) is 18.2 Å². The summed E-state index contributed by atoms with van der Waals surface area (Å²) in [6.07, 6.45) is 0. The van der Waals surface area contributed by atoms with Crippen LogP contribution >= 0.6 is 0 Å². The van der Waals surface area contributed by atoms with E-state index in [1.807, 2.05) is 0 Å². The molecule has 0 bridgehead atoms. The van der Waals surface area contributed by atoms with Gasteiger partial charge in [0.15, 0.2) is 0 Å². The number of aromatic amines is 2. The standard InChI is InChI=1S/C10H11N3O3S/c14-10-6-8(12-13-10)7-11-17(15,16)9-4-2-1-3-5-9/h1-6,11H,7H2,(H2,12,13,14). The average Bonchev–Trinajstić information content (AvgIpc) is 2.74. The second kappa shape index (κ2) is 4.56. The first-order valence-electron chi connectivity index (χ1n) is 4.89. The van der Waals surface area contributed by atoms with Crippen LogP contribution in [0.25, 0.3) is 0 Å². The number of aromatic nitrogens is 2. The van der Waals surface area contributed by atoms with E-state index in [1.165, 1.54) is 18.2 Å². The Hall–Kier alpha value is -1.86. The summed E-state index contributed by atoms with van der Waals surface area (Å²) < 4.78 is 26.0. The van der Waals surface area contributed by atoms with Gasteiger partial charge in [-0.15, -0.1) is 0 Å². The predicted octanol–water partition coefficient (Wildman–Crippen LogP) is 0.181. The number of hydrogen-bond donors (Lipinski definition) is 3. The van der Waals surface area contributed by atoms with E-state index in [2.05, 4.69) is 14.9 Å². The van der Waals surface area contributed by atoms with Gasteiger partial charge in [0.25, 0.3) is 5.56 Å². The Morgan fingerprint density at radius 2 is 1.82 bits per heavy atom. The number of nitrogens with one attached hydrogen (secondary N) is 3. The van der Waals surface area contributed by atoms with Crippen LogP contribution in [-0.4, -0.2) is 18.6 Å². The van der Waals surface area contributed by atoms with Crippen LogP contribution in [0.3, 0.4) is 0 Å². The van der Waals surface area contributed by atoms with Crippen molar-refractivity contribution < 1.29 is 8.42 Å². The number of sulfonamides is 1. The minimum absolute atomic E-state index is 0.0377. The zero-order valence-corrected chi connectivity index (χ0v) is 9.62. The van der Waals surface area contributed by atoms with Crippen molar-refractivity contribution in [3.8, 4) is 0 Å². The largest absolute Gasteiger partial charge is 0.301 e. The molecule has 0 amide bonds. The summed E-state index contributed by atoms with van der Waals surface area (Å²) >= 11 is 0. The highest BCUT2D eigenvalue weighted by molar-refractivity contribution is 7.89. The molecule has 0 fully saturated rings. The summed E-state index contributed by atoms with van der Waals surface area (Å²) in [6.45, 7) is 0.0377. The monoisotopic (exact) mass is 253 g/mol. The third-order valence-electron chi connectivity index (χ3n) is 2.16. The van der Waals surface area contributed by atoms with Gasteiger partial charge in [-0.2, -0.15) is 0 Å². The van der Waals surface area contributed by atoms with E-state index in [4.69, 9.17) is 0 Å². The van der Waals surface area contributed by atoms with Crippen LogP contribution in [0.15, 0.2) is 46.1 Å². The number of hydrogen-bond acceptors (Lipinski definition) is 3. The van der Waals surface area contributed by atoms with E-state index in [0.29, 0.717) is 5.69 Å². The SMILES string of the molecule is O=c1cc(CNS(=O)(=O)c2ccccc2)[nH][nH]1. The molecule has 0 aliphatic carbocycles. The minimum Gasteiger partial charge on any atom is -0.301 e. The van der Waals surface area contributed by atoms with Crippen molar-refractivity contribution in [1.29, 1.82) is 0 Å². The summed E-state index contributed by atoms with van der Waals surface area (Å²) in [5.41, 5.74) is 0.188. The Morgan fingerprint density at radius 1 is 1.12 bits per heavy atom. The first-order valence-corrected chi connectivity index (χ1v) is 6.37. The molecule has 17 heavy (non-hydrogen) atoms. The van der Waals surface area contributed by atoms with Crippen LogP contribution < -0.4 is 10.3 Å². The molecule has 7 heteroatoms. The van der Waals surface area contributed by atoms with Crippen molar-refractivity contribution in [2.45, 2.75) is 11.4 Å². The van der Waals surface area contributed by atoms with Crippen molar-refractivity contribution in [3.63, 3.8) is 0 Å². The smallest absolute Gasteiger partial charge is 0.264 e. The van der Waals surface area contributed by atoms with E-state index < -0.39 is 10.0 Å². The van der Waals surface area contributed by atoms with Gasteiger partial charge in [-0.1, -0.05) is 18.2 Å². The molecule has 90 valence electrons. The Kier molecular flexibility index (Phi) is 3.12. The van der Waals surface area contributed by atoms with Gasteiger partial charge in [0.2, 0.25) is 10.0 Å². The fourth-order valence-corrected chi connectivity index (χ4v) is 2.35. The maximum Gasteiger partial charge on any atom is 0.264 e. The van der Waals surface area contributed by atoms with Gasteiger partial charge in [-0.25, -0.2) is 13.1 Å². The summed E-state index contributed by atoms with van der Waals surface area (Å²) in [7, 11) is -3.54. The van der Waals surface area contributed by atoms with Gasteiger partial charge in [0.05, 0.1) is 17.1 Å². The second-order valence-corrected chi connectivity index (χ2v) is 5.19. The number of H-pyrrole nitrogens is 2. The molecule has 0 atom stereocenters. The molecule has 1 aromatic carbocycles. The highest BCUT2D eigenvalue weighted by Crippen LogP contribution is 2.07. The minimum atomic E-state index is -3.54. The third-order valence-corrected chi connectivity index (χ3v) is 3.57.